The highest BCUT2D eigenvalue weighted by atomic mass is 32.2. The molecular formula is C14H22FNOS. The Hall–Kier alpha value is -0.740. The zero-order valence-corrected chi connectivity index (χ0v) is 12.1. The zero-order chi connectivity index (χ0) is 13.4. The highest BCUT2D eigenvalue weighted by Gasteiger charge is 2.17. The molecule has 0 saturated heterocycles. The Morgan fingerprint density at radius 2 is 2.17 bits per heavy atom. The molecule has 1 N–H and O–H groups in total. The zero-order valence-electron chi connectivity index (χ0n) is 11.3. The number of ether oxygens (including phenoxy) is 1. The fourth-order valence-corrected chi connectivity index (χ4v) is 2.79. The van der Waals surface area contributed by atoms with Crippen molar-refractivity contribution in [2.24, 2.45) is 0 Å². The van der Waals surface area contributed by atoms with Crippen LogP contribution in [0.25, 0.3) is 0 Å². The summed E-state index contributed by atoms with van der Waals surface area (Å²) in [4.78, 5) is 0. The monoisotopic (exact) mass is 271 g/mol. The van der Waals surface area contributed by atoms with Crippen molar-refractivity contribution in [1.82, 2.24) is 5.32 Å². The molecule has 0 radical (unpaired) electrons. The molecule has 0 fully saturated rings. The smallest absolute Gasteiger partial charge is 0.169 e. The number of hydrogen-bond acceptors (Lipinski definition) is 3. The first kappa shape index (κ1) is 15.3. The molecule has 2 nitrogen and oxygen atoms in total. The first-order valence-corrected chi connectivity index (χ1v) is 7.53. The van der Waals surface area contributed by atoms with E-state index in [1.807, 2.05) is 30.8 Å². The molecule has 0 bridgehead atoms. The van der Waals surface area contributed by atoms with Gasteiger partial charge in [-0.1, -0.05) is 26.0 Å². The average Bonchev–Trinajstić information content (AvgIpc) is 2.38. The van der Waals surface area contributed by atoms with E-state index in [1.165, 1.54) is 7.11 Å². The summed E-state index contributed by atoms with van der Waals surface area (Å²) >= 11 is 1.85. The van der Waals surface area contributed by atoms with Gasteiger partial charge in [-0.3, -0.25) is 0 Å². The van der Waals surface area contributed by atoms with Gasteiger partial charge in [0.1, 0.15) is 0 Å². The van der Waals surface area contributed by atoms with E-state index in [0.29, 0.717) is 11.3 Å². The average molecular weight is 271 g/mol. The number of hydrogen-bond donors (Lipinski definition) is 1. The lowest BCUT2D eigenvalue weighted by Gasteiger charge is -2.19. The Kier molecular flexibility index (Phi) is 7.13. The fraction of sp³-hybridized carbons (Fsp3) is 0.571. The molecule has 0 aliphatic heterocycles. The van der Waals surface area contributed by atoms with Crippen LogP contribution in [-0.4, -0.2) is 25.2 Å². The molecule has 0 saturated carbocycles. The van der Waals surface area contributed by atoms with E-state index < -0.39 is 0 Å². The topological polar surface area (TPSA) is 21.3 Å². The first-order valence-electron chi connectivity index (χ1n) is 6.38. The number of thioether (sulfide) groups is 1. The Balaban J connectivity index is 2.83. The molecule has 1 aromatic rings. The first-order chi connectivity index (χ1) is 8.74. The third-order valence-electron chi connectivity index (χ3n) is 2.67. The molecule has 0 heterocycles. The Morgan fingerprint density at radius 1 is 1.39 bits per heavy atom. The molecule has 0 aromatic heterocycles. The molecule has 0 amide bonds. The summed E-state index contributed by atoms with van der Waals surface area (Å²) in [5.74, 6) is 2.05. The minimum absolute atomic E-state index is 0.0432. The van der Waals surface area contributed by atoms with E-state index >= 15 is 0 Å². The lowest BCUT2D eigenvalue weighted by atomic mass is 10.1. The van der Waals surface area contributed by atoms with Gasteiger partial charge in [0, 0.05) is 17.4 Å². The van der Waals surface area contributed by atoms with Crippen LogP contribution in [0, 0.1) is 5.82 Å². The minimum atomic E-state index is -0.247. The van der Waals surface area contributed by atoms with Crippen LogP contribution in [0.2, 0.25) is 0 Å². The van der Waals surface area contributed by atoms with Crippen LogP contribution >= 0.6 is 11.8 Å². The lowest BCUT2D eigenvalue weighted by Crippen LogP contribution is -2.24. The Bertz CT molecular complexity index is 360. The van der Waals surface area contributed by atoms with Gasteiger partial charge in [-0.2, -0.15) is 11.8 Å². The Morgan fingerprint density at radius 3 is 2.78 bits per heavy atom. The van der Waals surface area contributed by atoms with Gasteiger partial charge < -0.3 is 10.1 Å². The van der Waals surface area contributed by atoms with Gasteiger partial charge in [0.2, 0.25) is 0 Å². The SMILES string of the molecule is CCCSCC(NCC)c1cccc(OC)c1F. The molecule has 0 aliphatic carbocycles. The molecule has 1 aromatic carbocycles. The van der Waals surface area contributed by atoms with Gasteiger partial charge in [0.25, 0.3) is 0 Å². The van der Waals surface area contributed by atoms with E-state index in [-0.39, 0.29) is 11.9 Å². The highest BCUT2D eigenvalue weighted by molar-refractivity contribution is 7.99. The largest absolute Gasteiger partial charge is 0.494 e. The molecule has 1 rings (SSSR count). The lowest BCUT2D eigenvalue weighted by molar-refractivity contribution is 0.381. The summed E-state index contributed by atoms with van der Waals surface area (Å²) < 4.78 is 19.2. The van der Waals surface area contributed by atoms with E-state index in [9.17, 15) is 4.39 Å². The highest BCUT2D eigenvalue weighted by Crippen LogP contribution is 2.27. The maximum Gasteiger partial charge on any atom is 0.169 e. The summed E-state index contributed by atoms with van der Waals surface area (Å²) in [5.41, 5.74) is 0.694. The quantitative estimate of drug-likeness (QED) is 0.730. The summed E-state index contributed by atoms with van der Waals surface area (Å²) in [5, 5.41) is 3.33. The van der Waals surface area contributed by atoms with Crippen molar-refractivity contribution in [2.75, 3.05) is 25.2 Å². The third kappa shape index (κ3) is 4.18. The van der Waals surface area contributed by atoms with Crippen molar-refractivity contribution in [3.05, 3.63) is 29.6 Å². The van der Waals surface area contributed by atoms with Crippen molar-refractivity contribution in [3.63, 3.8) is 0 Å². The maximum absolute atomic E-state index is 14.2. The van der Waals surface area contributed by atoms with Crippen molar-refractivity contribution < 1.29 is 9.13 Å². The van der Waals surface area contributed by atoms with Gasteiger partial charge in [0.15, 0.2) is 11.6 Å². The molecule has 1 unspecified atom stereocenters. The van der Waals surface area contributed by atoms with Crippen LogP contribution in [-0.2, 0) is 0 Å². The van der Waals surface area contributed by atoms with Crippen molar-refractivity contribution in [1.29, 1.82) is 0 Å². The summed E-state index contributed by atoms with van der Waals surface area (Å²) in [7, 11) is 1.50. The molecule has 0 spiro atoms. The van der Waals surface area contributed by atoms with Gasteiger partial charge in [-0.25, -0.2) is 4.39 Å². The third-order valence-corrected chi connectivity index (χ3v) is 3.94. The molecule has 1 atom stereocenters. The van der Waals surface area contributed by atoms with Crippen LogP contribution in [0.15, 0.2) is 18.2 Å². The number of rotatable bonds is 8. The second-order valence-electron chi connectivity index (χ2n) is 4.05. The maximum atomic E-state index is 14.2. The number of methoxy groups -OCH3 is 1. The summed E-state index contributed by atoms with van der Waals surface area (Å²) in [6.45, 7) is 5.02. The van der Waals surface area contributed by atoms with E-state index in [1.54, 1.807) is 6.07 Å². The molecule has 102 valence electrons. The van der Waals surface area contributed by atoms with Crippen molar-refractivity contribution in [3.8, 4) is 5.75 Å². The summed E-state index contributed by atoms with van der Waals surface area (Å²) in [6.07, 6.45) is 1.14. The van der Waals surface area contributed by atoms with Crippen LogP contribution in [0.3, 0.4) is 0 Å². The predicted octanol–water partition coefficient (Wildman–Crippen LogP) is 3.63. The standard InChI is InChI=1S/C14H22FNOS/c1-4-9-18-10-12(16-5-2)11-7-6-8-13(17-3)14(11)15/h6-8,12,16H,4-5,9-10H2,1-3H3. The molecule has 18 heavy (non-hydrogen) atoms. The van der Waals surface area contributed by atoms with Crippen LogP contribution in [0.1, 0.15) is 31.9 Å². The second-order valence-corrected chi connectivity index (χ2v) is 5.20. The summed E-state index contributed by atoms with van der Waals surface area (Å²) in [6, 6.07) is 5.37. The molecule has 4 heteroatoms. The van der Waals surface area contributed by atoms with E-state index in [0.717, 1.165) is 24.5 Å². The normalized spacial score (nSPS) is 12.4. The number of benzene rings is 1. The van der Waals surface area contributed by atoms with Gasteiger partial charge in [-0.05, 0) is 24.8 Å². The number of nitrogens with one attached hydrogen (secondary N) is 1. The van der Waals surface area contributed by atoms with Crippen LogP contribution in [0.4, 0.5) is 4.39 Å². The Labute approximate surface area is 113 Å². The van der Waals surface area contributed by atoms with Gasteiger partial charge in [-0.15, -0.1) is 0 Å². The van der Waals surface area contributed by atoms with Crippen molar-refractivity contribution in [2.45, 2.75) is 26.3 Å². The van der Waals surface area contributed by atoms with Gasteiger partial charge in [0.05, 0.1) is 7.11 Å². The molecular weight excluding hydrogens is 249 g/mol. The predicted molar refractivity (Wildman–Crippen MR) is 77.0 cm³/mol. The van der Waals surface area contributed by atoms with Crippen molar-refractivity contribution >= 4 is 11.8 Å². The minimum Gasteiger partial charge on any atom is -0.494 e. The van der Waals surface area contributed by atoms with E-state index in [2.05, 4.69) is 12.2 Å². The van der Waals surface area contributed by atoms with E-state index in [4.69, 9.17) is 4.74 Å². The fourth-order valence-electron chi connectivity index (χ4n) is 1.81. The van der Waals surface area contributed by atoms with Gasteiger partial charge >= 0.3 is 0 Å². The molecule has 0 aliphatic rings. The second kappa shape index (κ2) is 8.38. The van der Waals surface area contributed by atoms with Crippen LogP contribution < -0.4 is 10.1 Å². The number of halogens is 1. The van der Waals surface area contributed by atoms with Crippen LogP contribution in [0.5, 0.6) is 5.75 Å².